The summed E-state index contributed by atoms with van der Waals surface area (Å²) in [6.07, 6.45) is 0.746. The number of anilines is 2. The summed E-state index contributed by atoms with van der Waals surface area (Å²) >= 11 is 0. The number of nitrogens with zero attached hydrogens (tertiary/aromatic N) is 4. The number of urea groups is 1. The van der Waals surface area contributed by atoms with Crippen molar-refractivity contribution < 1.29 is 4.79 Å². The second-order valence-electron chi connectivity index (χ2n) is 8.64. The highest BCUT2D eigenvalue weighted by molar-refractivity contribution is 5.91. The Morgan fingerprint density at radius 2 is 1.72 bits per heavy atom. The minimum absolute atomic E-state index is 0.0593. The van der Waals surface area contributed by atoms with Crippen molar-refractivity contribution in [1.29, 1.82) is 0 Å². The first-order chi connectivity index (χ1) is 13.7. The third kappa shape index (κ3) is 4.36. The zero-order chi connectivity index (χ0) is 21.3. The van der Waals surface area contributed by atoms with Crippen molar-refractivity contribution in [3.05, 3.63) is 46.4 Å². The van der Waals surface area contributed by atoms with Crippen molar-refractivity contribution in [2.45, 2.75) is 59.4 Å². The van der Waals surface area contributed by atoms with Gasteiger partial charge in [0.15, 0.2) is 0 Å². The molecule has 1 aliphatic heterocycles. The van der Waals surface area contributed by atoms with Gasteiger partial charge in [-0.25, -0.2) is 14.8 Å². The Bertz CT molecular complexity index is 878. The molecule has 1 aliphatic rings. The molecule has 6 heteroatoms. The molecule has 6 nitrogen and oxygen atoms in total. The molecule has 2 aromatic rings. The van der Waals surface area contributed by atoms with Gasteiger partial charge in [-0.05, 0) is 29.9 Å². The fourth-order valence-electron chi connectivity index (χ4n) is 3.94. The van der Waals surface area contributed by atoms with E-state index in [1.54, 1.807) is 0 Å². The second kappa shape index (κ2) is 8.39. The van der Waals surface area contributed by atoms with Crippen LogP contribution in [0.25, 0.3) is 0 Å². The molecule has 156 valence electrons. The first kappa shape index (κ1) is 21.1. The molecule has 1 aromatic carbocycles. The van der Waals surface area contributed by atoms with Gasteiger partial charge in [-0.1, -0.05) is 45.9 Å². The highest BCUT2D eigenvalue weighted by Gasteiger charge is 2.27. The largest absolute Gasteiger partial charge is 0.362 e. The molecule has 2 heterocycles. The molecule has 1 N–H and O–H groups in total. The monoisotopic (exact) mass is 395 g/mol. The average molecular weight is 396 g/mol. The molecule has 2 amide bonds. The molecule has 3 rings (SSSR count). The van der Waals surface area contributed by atoms with Crippen LogP contribution in [-0.2, 0) is 13.0 Å². The minimum atomic E-state index is -0.0593. The van der Waals surface area contributed by atoms with E-state index in [0.29, 0.717) is 24.9 Å². The lowest BCUT2D eigenvalue weighted by molar-refractivity contribution is 0.206. The van der Waals surface area contributed by atoms with Gasteiger partial charge in [0.2, 0.25) is 0 Å². The highest BCUT2D eigenvalue weighted by atomic mass is 16.2. The number of carbonyl (C=O) groups excluding carboxylic acids is 1. The standard InChI is InChI=1S/C23H33N5O/c1-14(2)17-9-8-10-18(15(3)4)21(17)26-23(29)28-12-11-20-19(13-28)22(27(6)7)25-16(5)24-20/h8-10,14-15H,11-13H2,1-7H3,(H,26,29). The fraction of sp³-hybridized carbons (Fsp3) is 0.522. The average Bonchev–Trinajstić information content (AvgIpc) is 2.66. The number of rotatable bonds is 4. The van der Waals surface area contributed by atoms with Gasteiger partial charge >= 0.3 is 6.03 Å². The number of hydrogen-bond donors (Lipinski definition) is 1. The molecular formula is C23H33N5O. The van der Waals surface area contributed by atoms with Crippen LogP contribution in [0.1, 0.15) is 67.7 Å². The summed E-state index contributed by atoms with van der Waals surface area (Å²) in [5.41, 5.74) is 5.41. The third-order valence-corrected chi connectivity index (χ3v) is 5.47. The normalized spacial score (nSPS) is 13.6. The Hall–Kier alpha value is -2.63. The molecule has 0 fully saturated rings. The van der Waals surface area contributed by atoms with E-state index in [1.807, 2.05) is 30.8 Å². The summed E-state index contributed by atoms with van der Waals surface area (Å²) in [5, 5.41) is 3.23. The summed E-state index contributed by atoms with van der Waals surface area (Å²) in [7, 11) is 3.96. The first-order valence-electron chi connectivity index (χ1n) is 10.4. The quantitative estimate of drug-likeness (QED) is 0.816. The van der Waals surface area contributed by atoms with E-state index >= 15 is 0 Å². The van der Waals surface area contributed by atoms with Crippen molar-refractivity contribution in [1.82, 2.24) is 14.9 Å². The number of para-hydroxylation sites is 1. The smallest absolute Gasteiger partial charge is 0.322 e. The molecule has 0 bridgehead atoms. The number of carbonyl (C=O) groups is 1. The maximum atomic E-state index is 13.2. The number of nitrogens with one attached hydrogen (secondary N) is 1. The summed E-state index contributed by atoms with van der Waals surface area (Å²) in [6.45, 7) is 11.7. The van der Waals surface area contributed by atoms with Crippen LogP contribution in [-0.4, -0.2) is 41.5 Å². The third-order valence-electron chi connectivity index (χ3n) is 5.47. The number of hydrogen-bond acceptors (Lipinski definition) is 4. The Morgan fingerprint density at radius 3 is 2.28 bits per heavy atom. The molecule has 0 aliphatic carbocycles. The van der Waals surface area contributed by atoms with Gasteiger partial charge < -0.3 is 15.1 Å². The first-order valence-corrected chi connectivity index (χ1v) is 10.4. The van der Waals surface area contributed by atoms with E-state index in [9.17, 15) is 4.79 Å². The van der Waals surface area contributed by atoms with Crippen molar-refractivity contribution in [3.63, 3.8) is 0 Å². The van der Waals surface area contributed by atoms with E-state index in [0.717, 1.165) is 35.0 Å². The molecule has 0 unspecified atom stereocenters. The Balaban J connectivity index is 1.89. The minimum Gasteiger partial charge on any atom is -0.362 e. The highest BCUT2D eigenvalue weighted by Crippen LogP contribution is 2.33. The number of aromatic nitrogens is 2. The van der Waals surface area contributed by atoms with Gasteiger partial charge in [-0.2, -0.15) is 0 Å². The molecule has 1 aromatic heterocycles. The predicted molar refractivity (Wildman–Crippen MR) is 119 cm³/mol. The molecule has 29 heavy (non-hydrogen) atoms. The summed E-state index contributed by atoms with van der Waals surface area (Å²) in [4.78, 5) is 26.3. The number of amides is 2. The summed E-state index contributed by atoms with van der Waals surface area (Å²) in [5.74, 6) is 2.35. The van der Waals surface area contributed by atoms with Gasteiger partial charge in [-0.15, -0.1) is 0 Å². The van der Waals surface area contributed by atoms with E-state index in [-0.39, 0.29) is 6.03 Å². The molecule has 0 radical (unpaired) electrons. The lowest BCUT2D eigenvalue weighted by Gasteiger charge is -2.31. The van der Waals surface area contributed by atoms with E-state index in [4.69, 9.17) is 0 Å². The molecule has 0 saturated carbocycles. The lowest BCUT2D eigenvalue weighted by atomic mass is 9.92. The van der Waals surface area contributed by atoms with Crippen molar-refractivity contribution in [2.24, 2.45) is 0 Å². The fourth-order valence-corrected chi connectivity index (χ4v) is 3.94. The molecule has 0 saturated heterocycles. The van der Waals surface area contributed by atoms with Crippen LogP contribution in [0.2, 0.25) is 0 Å². The van der Waals surface area contributed by atoms with Gasteiger partial charge in [0.1, 0.15) is 11.6 Å². The maximum absolute atomic E-state index is 13.2. The molecular weight excluding hydrogens is 362 g/mol. The van der Waals surface area contributed by atoms with E-state index < -0.39 is 0 Å². The van der Waals surface area contributed by atoms with Crippen LogP contribution in [0.3, 0.4) is 0 Å². The van der Waals surface area contributed by atoms with Crippen LogP contribution in [0.15, 0.2) is 18.2 Å². The Kier molecular flexibility index (Phi) is 6.10. The van der Waals surface area contributed by atoms with Gasteiger partial charge in [0.25, 0.3) is 0 Å². The number of fused-ring (bicyclic) bond motifs is 1. The van der Waals surface area contributed by atoms with Crippen molar-refractivity contribution in [3.8, 4) is 0 Å². The van der Waals surface area contributed by atoms with Crippen LogP contribution in [0.4, 0.5) is 16.3 Å². The number of aryl methyl sites for hydroxylation is 1. The number of benzene rings is 1. The van der Waals surface area contributed by atoms with Gasteiger partial charge in [-0.3, -0.25) is 0 Å². The zero-order valence-electron chi connectivity index (χ0n) is 18.7. The van der Waals surface area contributed by atoms with Crippen molar-refractivity contribution >= 4 is 17.5 Å². The zero-order valence-corrected chi connectivity index (χ0v) is 18.7. The Labute approximate surface area is 174 Å². The molecule has 0 atom stereocenters. The van der Waals surface area contributed by atoms with Crippen LogP contribution in [0, 0.1) is 6.92 Å². The maximum Gasteiger partial charge on any atom is 0.322 e. The second-order valence-corrected chi connectivity index (χ2v) is 8.64. The lowest BCUT2D eigenvalue weighted by Crippen LogP contribution is -2.40. The van der Waals surface area contributed by atoms with Gasteiger partial charge in [0, 0.05) is 38.3 Å². The topological polar surface area (TPSA) is 61.4 Å². The van der Waals surface area contributed by atoms with Gasteiger partial charge in [0.05, 0.1) is 12.2 Å². The Morgan fingerprint density at radius 1 is 1.10 bits per heavy atom. The van der Waals surface area contributed by atoms with E-state index in [2.05, 4.69) is 61.2 Å². The van der Waals surface area contributed by atoms with Crippen LogP contribution in [0.5, 0.6) is 0 Å². The summed E-state index contributed by atoms with van der Waals surface area (Å²) in [6, 6.07) is 6.24. The summed E-state index contributed by atoms with van der Waals surface area (Å²) < 4.78 is 0. The SMILES string of the molecule is Cc1nc2c(c(N(C)C)n1)CN(C(=O)Nc1c(C(C)C)cccc1C(C)C)CC2. The predicted octanol–water partition coefficient (Wildman–Crippen LogP) is 4.69. The van der Waals surface area contributed by atoms with E-state index in [1.165, 1.54) is 11.1 Å². The molecule has 0 spiro atoms. The van der Waals surface area contributed by atoms with Crippen molar-refractivity contribution in [2.75, 3.05) is 30.9 Å². The van der Waals surface area contributed by atoms with Crippen LogP contribution < -0.4 is 10.2 Å². The van der Waals surface area contributed by atoms with Crippen LogP contribution >= 0.6 is 0 Å².